The minimum atomic E-state index is -1.14. The zero-order chi connectivity index (χ0) is 27.6. The molecule has 2 atom stereocenters. The standard InChI is InChI=1S/C27H37N7O5/c1-33-13-14-39-23-8-4-3-7-20(23)25(36)32-21(26(37)29-9-12-34-10-5-2-6-11-34)16-24(35)31-22(27(33)38)15-19-17-28-18-30-19/h3-4,7-8,17-18,21-22H,2,5-6,9-16H2,1H3,(H,28,30)(H,29,37)(H,31,35)(H,32,36)/t21-,22-/m0/s1. The van der Waals surface area contributed by atoms with Gasteiger partial charge in [0.15, 0.2) is 0 Å². The van der Waals surface area contributed by atoms with Gasteiger partial charge in [-0.15, -0.1) is 0 Å². The van der Waals surface area contributed by atoms with Gasteiger partial charge < -0.3 is 35.5 Å². The lowest BCUT2D eigenvalue weighted by Crippen LogP contribution is -2.53. The Labute approximate surface area is 227 Å². The molecule has 2 aliphatic heterocycles. The van der Waals surface area contributed by atoms with Gasteiger partial charge in [-0.25, -0.2) is 4.98 Å². The fourth-order valence-electron chi connectivity index (χ4n) is 4.79. The average Bonchev–Trinajstić information content (AvgIpc) is 3.45. The topological polar surface area (TPSA) is 149 Å². The van der Waals surface area contributed by atoms with Crippen LogP contribution >= 0.6 is 0 Å². The monoisotopic (exact) mass is 539 g/mol. The number of H-pyrrole nitrogens is 1. The first kappa shape index (κ1) is 28.1. The molecule has 0 aliphatic carbocycles. The first-order valence-corrected chi connectivity index (χ1v) is 13.4. The summed E-state index contributed by atoms with van der Waals surface area (Å²) in [6, 6.07) is 4.65. The van der Waals surface area contributed by atoms with Gasteiger partial charge >= 0.3 is 0 Å². The van der Waals surface area contributed by atoms with Gasteiger partial charge in [-0.05, 0) is 38.1 Å². The number of likely N-dealkylation sites (N-methyl/N-ethyl adjacent to an activating group) is 1. The molecule has 1 aromatic carbocycles. The summed E-state index contributed by atoms with van der Waals surface area (Å²) in [5.74, 6) is -1.49. The number of rotatable bonds is 6. The summed E-state index contributed by atoms with van der Waals surface area (Å²) in [6.07, 6.45) is 6.45. The number of benzene rings is 1. The molecule has 0 radical (unpaired) electrons. The number of nitrogens with one attached hydrogen (secondary N) is 4. The lowest BCUT2D eigenvalue weighted by atomic mass is 10.1. The van der Waals surface area contributed by atoms with Crippen molar-refractivity contribution in [2.24, 2.45) is 0 Å². The molecule has 1 saturated heterocycles. The van der Waals surface area contributed by atoms with Crippen molar-refractivity contribution in [3.05, 3.63) is 48.0 Å². The molecule has 2 aliphatic rings. The Morgan fingerprint density at radius 3 is 2.67 bits per heavy atom. The summed E-state index contributed by atoms with van der Waals surface area (Å²) in [5.41, 5.74) is 0.917. The summed E-state index contributed by atoms with van der Waals surface area (Å²) < 4.78 is 5.85. The smallest absolute Gasteiger partial charge is 0.255 e. The fraction of sp³-hybridized carbons (Fsp3) is 0.519. The molecule has 4 amide bonds. The number of nitrogens with zero attached hydrogens (tertiary/aromatic N) is 3. The molecule has 4 N–H and O–H groups in total. The number of piperidine rings is 1. The maximum absolute atomic E-state index is 13.3. The Morgan fingerprint density at radius 2 is 1.90 bits per heavy atom. The molecule has 39 heavy (non-hydrogen) atoms. The summed E-state index contributed by atoms with van der Waals surface area (Å²) in [6.45, 7) is 3.47. The van der Waals surface area contributed by atoms with Crippen LogP contribution in [0.3, 0.4) is 0 Å². The molecule has 0 bridgehead atoms. The summed E-state index contributed by atoms with van der Waals surface area (Å²) in [7, 11) is 1.63. The maximum Gasteiger partial charge on any atom is 0.255 e. The number of hydrogen-bond donors (Lipinski definition) is 4. The molecule has 12 heteroatoms. The third kappa shape index (κ3) is 8.03. The van der Waals surface area contributed by atoms with E-state index < -0.39 is 29.8 Å². The Balaban J connectivity index is 1.52. The lowest BCUT2D eigenvalue weighted by molar-refractivity contribution is -0.136. The van der Waals surface area contributed by atoms with Crippen LogP contribution < -0.4 is 20.7 Å². The van der Waals surface area contributed by atoms with E-state index in [-0.39, 0.29) is 37.5 Å². The predicted molar refractivity (Wildman–Crippen MR) is 143 cm³/mol. The van der Waals surface area contributed by atoms with E-state index in [1.807, 2.05) is 0 Å². The van der Waals surface area contributed by atoms with Crippen molar-refractivity contribution in [3.63, 3.8) is 0 Å². The maximum atomic E-state index is 13.3. The normalized spacial score (nSPS) is 21.7. The molecule has 3 heterocycles. The molecule has 12 nitrogen and oxygen atoms in total. The molecule has 0 saturated carbocycles. The van der Waals surface area contributed by atoms with Crippen LogP contribution in [0.4, 0.5) is 0 Å². The zero-order valence-electron chi connectivity index (χ0n) is 22.3. The highest BCUT2D eigenvalue weighted by molar-refractivity contribution is 6.01. The number of amides is 4. The van der Waals surface area contributed by atoms with Gasteiger partial charge in [-0.1, -0.05) is 18.6 Å². The molecule has 2 aromatic rings. The Bertz CT molecular complexity index is 1130. The average molecular weight is 540 g/mol. The van der Waals surface area contributed by atoms with E-state index in [1.54, 1.807) is 37.5 Å². The first-order chi connectivity index (χ1) is 18.9. The van der Waals surface area contributed by atoms with E-state index in [1.165, 1.54) is 17.6 Å². The van der Waals surface area contributed by atoms with Crippen LogP contribution in [0.1, 0.15) is 41.7 Å². The van der Waals surface area contributed by atoms with E-state index in [9.17, 15) is 19.2 Å². The van der Waals surface area contributed by atoms with Crippen molar-refractivity contribution in [2.75, 3.05) is 46.4 Å². The molecular formula is C27H37N7O5. The Kier molecular flexibility index (Phi) is 9.90. The highest BCUT2D eigenvalue weighted by Gasteiger charge is 2.30. The molecule has 1 fully saturated rings. The van der Waals surface area contributed by atoms with Crippen molar-refractivity contribution in [2.45, 2.75) is 44.2 Å². The van der Waals surface area contributed by atoms with Gasteiger partial charge in [-0.3, -0.25) is 19.2 Å². The van der Waals surface area contributed by atoms with Gasteiger partial charge in [-0.2, -0.15) is 0 Å². The molecule has 0 spiro atoms. The van der Waals surface area contributed by atoms with Gasteiger partial charge in [0.1, 0.15) is 24.4 Å². The number of fused-ring (bicyclic) bond motifs is 1. The zero-order valence-corrected chi connectivity index (χ0v) is 22.3. The van der Waals surface area contributed by atoms with Gasteiger partial charge in [0.2, 0.25) is 17.7 Å². The van der Waals surface area contributed by atoms with Crippen LogP contribution in [0.2, 0.25) is 0 Å². The second-order valence-corrected chi connectivity index (χ2v) is 9.93. The second-order valence-electron chi connectivity index (χ2n) is 9.93. The highest BCUT2D eigenvalue weighted by Crippen LogP contribution is 2.19. The van der Waals surface area contributed by atoms with Crippen molar-refractivity contribution >= 4 is 23.6 Å². The van der Waals surface area contributed by atoms with E-state index in [2.05, 4.69) is 30.8 Å². The van der Waals surface area contributed by atoms with Gasteiger partial charge in [0, 0.05) is 38.4 Å². The highest BCUT2D eigenvalue weighted by atomic mass is 16.5. The van der Waals surface area contributed by atoms with Gasteiger partial charge in [0.25, 0.3) is 5.91 Å². The van der Waals surface area contributed by atoms with Crippen LogP contribution in [-0.2, 0) is 20.8 Å². The first-order valence-electron chi connectivity index (χ1n) is 13.4. The quantitative estimate of drug-likeness (QED) is 0.406. The number of likely N-dealkylation sites (tertiary alicyclic amines) is 1. The summed E-state index contributed by atoms with van der Waals surface area (Å²) >= 11 is 0. The Morgan fingerprint density at radius 1 is 1.10 bits per heavy atom. The number of carbonyl (C=O) groups is 4. The van der Waals surface area contributed by atoms with Crippen molar-refractivity contribution in [1.82, 2.24) is 35.7 Å². The minimum Gasteiger partial charge on any atom is -0.491 e. The van der Waals surface area contributed by atoms with Crippen molar-refractivity contribution in [3.8, 4) is 5.75 Å². The molecule has 4 rings (SSSR count). The van der Waals surface area contributed by atoms with Gasteiger partial charge in [0.05, 0.1) is 24.9 Å². The van der Waals surface area contributed by atoms with E-state index >= 15 is 0 Å². The van der Waals surface area contributed by atoms with Crippen LogP contribution in [-0.4, -0.2) is 102 Å². The molecule has 1 aromatic heterocycles. The van der Waals surface area contributed by atoms with Crippen molar-refractivity contribution in [1.29, 1.82) is 0 Å². The number of carbonyl (C=O) groups excluding carboxylic acids is 4. The third-order valence-electron chi connectivity index (χ3n) is 6.99. The molecule has 0 unspecified atom stereocenters. The largest absolute Gasteiger partial charge is 0.491 e. The van der Waals surface area contributed by atoms with Crippen molar-refractivity contribution < 1.29 is 23.9 Å². The van der Waals surface area contributed by atoms with Crippen LogP contribution in [0.25, 0.3) is 0 Å². The van der Waals surface area contributed by atoms with Crippen LogP contribution in [0.5, 0.6) is 5.75 Å². The van der Waals surface area contributed by atoms with E-state index in [0.29, 0.717) is 24.5 Å². The van der Waals surface area contributed by atoms with E-state index in [0.717, 1.165) is 25.9 Å². The predicted octanol–water partition coefficient (Wildman–Crippen LogP) is 0.0786. The number of para-hydroxylation sites is 1. The summed E-state index contributed by atoms with van der Waals surface area (Å²) in [4.78, 5) is 63.5. The molecular weight excluding hydrogens is 502 g/mol. The van der Waals surface area contributed by atoms with Crippen LogP contribution in [0.15, 0.2) is 36.8 Å². The number of aromatic nitrogens is 2. The Hall–Kier alpha value is -3.93. The third-order valence-corrected chi connectivity index (χ3v) is 6.99. The second kappa shape index (κ2) is 13.7. The number of aromatic amines is 1. The minimum absolute atomic E-state index is 0.137. The number of imidazole rings is 1. The van der Waals surface area contributed by atoms with E-state index in [4.69, 9.17) is 4.74 Å². The molecule has 210 valence electrons. The number of ether oxygens (including phenoxy) is 1. The lowest BCUT2D eigenvalue weighted by Gasteiger charge is -2.27. The van der Waals surface area contributed by atoms with Crippen LogP contribution in [0, 0.1) is 0 Å². The number of hydrogen-bond acceptors (Lipinski definition) is 7. The SMILES string of the molecule is CN1CCOc2ccccc2C(=O)N[C@H](C(=O)NCCN2CCCCC2)CC(=O)N[C@@H](Cc2cnc[nH]2)C1=O. The fourth-order valence-corrected chi connectivity index (χ4v) is 4.79. The summed E-state index contributed by atoms with van der Waals surface area (Å²) in [5, 5.41) is 8.33.